The Kier molecular flexibility index (Phi) is 5.03. The van der Waals surface area contributed by atoms with E-state index >= 15 is 0 Å². The van der Waals surface area contributed by atoms with Crippen molar-refractivity contribution in [1.29, 1.82) is 0 Å². The van der Waals surface area contributed by atoms with Gasteiger partial charge in [-0.3, -0.25) is 4.79 Å². The summed E-state index contributed by atoms with van der Waals surface area (Å²) in [6.45, 7) is 3.68. The minimum atomic E-state index is -0.226. The smallest absolute Gasteiger partial charge is 0.189 e. The highest BCUT2D eigenvalue weighted by Gasteiger charge is 2.11. The normalized spacial score (nSPS) is 10.9. The van der Waals surface area contributed by atoms with E-state index in [1.807, 2.05) is 31.2 Å². The Morgan fingerprint density at radius 3 is 2.59 bits per heavy atom. The van der Waals surface area contributed by atoms with Crippen molar-refractivity contribution in [2.75, 3.05) is 7.11 Å². The van der Waals surface area contributed by atoms with Gasteiger partial charge >= 0.3 is 0 Å². The van der Waals surface area contributed by atoms with E-state index < -0.39 is 0 Å². The lowest BCUT2D eigenvalue weighted by Crippen LogP contribution is -1.97. The number of aromatic hydroxyl groups is 1. The van der Waals surface area contributed by atoms with Gasteiger partial charge in [-0.15, -0.1) is 0 Å². The van der Waals surface area contributed by atoms with Gasteiger partial charge in [0.05, 0.1) is 17.1 Å². The highest BCUT2D eigenvalue weighted by Crippen LogP contribution is 2.27. The lowest BCUT2D eigenvalue weighted by atomic mass is 10.0. The Labute approximate surface area is 138 Å². The van der Waals surface area contributed by atoms with Crippen molar-refractivity contribution in [2.45, 2.75) is 13.8 Å². The standard InChI is InChI=1S/C18H17BrO3/c1-11-8-12(2)18(21)14(9-11)16(20)6-4-13-5-7-17(22-3)15(19)10-13/h4-10,21H,1-3H3/b6-4+. The second-order valence-electron chi connectivity index (χ2n) is 5.07. The highest BCUT2D eigenvalue weighted by molar-refractivity contribution is 9.10. The van der Waals surface area contributed by atoms with Gasteiger partial charge < -0.3 is 9.84 Å². The van der Waals surface area contributed by atoms with Gasteiger partial charge in [-0.2, -0.15) is 0 Å². The number of allylic oxidation sites excluding steroid dienone is 1. The zero-order chi connectivity index (χ0) is 16.3. The number of hydrogen-bond acceptors (Lipinski definition) is 3. The molecule has 0 amide bonds. The first-order valence-corrected chi connectivity index (χ1v) is 7.58. The summed E-state index contributed by atoms with van der Waals surface area (Å²) >= 11 is 3.41. The van der Waals surface area contributed by atoms with E-state index in [1.165, 1.54) is 6.08 Å². The van der Waals surface area contributed by atoms with Crippen LogP contribution in [0.4, 0.5) is 0 Å². The van der Waals surface area contributed by atoms with Gasteiger partial charge in [0.1, 0.15) is 11.5 Å². The maximum Gasteiger partial charge on any atom is 0.189 e. The van der Waals surface area contributed by atoms with Crippen LogP contribution in [0, 0.1) is 13.8 Å². The van der Waals surface area contributed by atoms with Crippen LogP contribution in [0.5, 0.6) is 11.5 Å². The van der Waals surface area contributed by atoms with Crippen molar-refractivity contribution in [2.24, 2.45) is 0 Å². The van der Waals surface area contributed by atoms with Crippen LogP contribution < -0.4 is 4.74 Å². The van der Waals surface area contributed by atoms with E-state index in [0.717, 1.165) is 21.3 Å². The molecule has 0 aliphatic carbocycles. The fourth-order valence-corrected chi connectivity index (χ4v) is 2.75. The van der Waals surface area contributed by atoms with Crippen molar-refractivity contribution >= 4 is 27.8 Å². The molecule has 0 aromatic heterocycles. The van der Waals surface area contributed by atoms with Crippen LogP contribution in [0.3, 0.4) is 0 Å². The number of phenols is 1. The second-order valence-corrected chi connectivity index (χ2v) is 5.92. The number of carbonyl (C=O) groups is 1. The molecule has 0 unspecified atom stereocenters. The molecule has 0 radical (unpaired) electrons. The van der Waals surface area contributed by atoms with Gasteiger partial charge in [0.25, 0.3) is 0 Å². The van der Waals surface area contributed by atoms with Gasteiger partial charge in [-0.05, 0) is 70.7 Å². The van der Waals surface area contributed by atoms with Gasteiger partial charge in [0, 0.05) is 0 Å². The lowest BCUT2D eigenvalue weighted by Gasteiger charge is -2.06. The molecule has 22 heavy (non-hydrogen) atoms. The highest BCUT2D eigenvalue weighted by atomic mass is 79.9. The molecule has 0 saturated carbocycles. The molecule has 0 aliphatic rings. The largest absolute Gasteiger partial charge is 0.507 e. The van der Waals surface area contributed by atoms with Crippen molar-refractivity contribution in [3.63, 3.8) is 0 Å². The Balaban J connectivity index is 2.27. The number of aryl methyl sites for hydroxylation is 2. The van der Waals surface area contributed by atoms with E-state index in [2.05, 4.69) is 15.9 Å². The number of methoxy groups -OCH3 is 1. The average molecular weight is 361 g/mol. The third-order valence-electron chi connectivity index (χ3n) is 3.31. The molecule has 1 N–H and O–H groups in total. The number of benzene rings is 2. The molecule has 2 rings (SSSR count). The Hall–Kier alpha value is -2.07. The van der Waals surface area contributed by atoms with Gasteiger partial charge in [0.2, 0.25) is 0 Å². The third-order valence-corrected chi connectivity index (χ3v) is 3.93. The first kappa shape index (κ1) is 16.3. The van der Waals surface area contributed by atoms with Crippen LogP contribution in [0.15, 0.2) is 40.9 Å². The summed E-state index contributed by atoms with van der Waals surface area (Å²) < 4.78 is 5.98. The molecule has 0 fully saturated rings. The van der Waals surface area contributed by atoms with Gasteiger partial charge in [0.15, 0.2) is 5.78 Å². The number of halogens is 1. The monoisotopic (exact) mass is 360 g/mol. The van der Waals surface area contributed by atoms with Crippen LogP contribution in [0.1, 0.15) is 27.0 Å². The summed E-state index contributed by atoms with van der Waals surface area (Å²) in [7, 11) is 1.60. The minimum Gasteiger partial charge on any atom is -0.507 e. The Morgan fingerprint density at radius 2 is 1.95 bits per heavy atom. The van der Waals surface area contributed by atoms with Crippen LogP contribution in [-0.4, -0.2) is 18.0 Å². The summed E-state index contributed by atoms with van der Waals surface area (Å²) in [6, 6.07) is 9.08. The molecule has 0 bridgehead atoms. The number of rotatable bonds is 4. The van der Waals surface area contributed by atoms with Crippen LogP contribution in [-0.2, 0) is 0 Å². The predicted molar refractivity (Wildman–Crippen MR) is 91.6 cm³/mol. The minimum absolute atomic E-state index is 0.0381. The maximum atomic E-state index is 12.3. The Morgan fingerprint density at radius 1 is 1.23 bits per heavy atom. The summed E-state index contributed by atoms with van der Waals surface area (Å²) in [5.74, 6) is 0.544. The zero-order valence-corrected chi connectivity index (χ0v) is 14.3. The van der Waals surface area contributed by atoms with E-state index in [4.69, 9.17) is 4.74 Å². The van der Waals surface area contributed by atoms with Crippen molar-refractivity contribution in [3.05, 3.63) is 63.1 Å². The summed E-state index contributed by atoms with van der Waals surface area (Å²) in [6.07, 6.45) is 3.17. The zero-order valence-electron chi connectivity index (χ0n) is 12.7. The summed E-state index contributed by atoms with van der Waals surface area (Å²) in [4.78, 5) is 12.3. The number of carbonyl (C=O) groups excluding carboxylic acids is 1. The fourth-order valence-electron chi connectivity index (χ4n) is 2.20. The quantitative estimate of drug-likeness (QED) is 0.636. The van der Waals surface area contributed by atoms with Crippen LogP contribution in [0.25, 0.3) is 6.08 Å². The molecular weight excluding hydrogens is 344 g/mol. The molecular formula is C18H17BrO3. The molecule has 0 atom stereocenters. The number of ether oxygens (including phenoxy) is 1. The molecule has 2 aromatic carbocycles. The third kappa shape index (κ3) is 3.57. The predicted octanol–water partition coefficient (Wildman–Crippen LogP) is 4.68. The maximum absolute atomic E-state index is 12.3. The van der Waals surface area contributed by atoms with Crippen molar-refractivity contribution < 1.29 is 14.6 Å². The van der Waals surface area contributed by atoms with E-state index in [0.29, 0.717) is 11.1 Å². The summed E-state index contributed by atoms with van der Waals surface area (Å²) in [5.41, 5.74) is 2.83. The molecule has 0 saturated heterocycles. The van der Waals surface area contributed by atoms with Crippen LogP contribution >= 0.6 is 15.9 Å². The first-order valence-electron chi connectivity index (χ1n) is 6.78. The number of hydrogen-bond donors (Lipinski definition) is 1. The van der Waals surface area contributed by atoms with E-state index in [-0.39, 0.29) is 11.5 Å². The first-order chi connectivity index (χ1) is 10.4. The molecule has 114 valence electrons. The van der Waals surface area contributed by atoms with E-state index in [1.54, 1.807) is 26.2 Å². The molecule has 2 aromatic rings. The number of phenolic OH excluding ortho intramolecular Hbond substituents is 1. The SMILES string of the molecule is COc1ccc(/C=C/C(=O)c2cc(C)cc(C)c2O)cc1Br. The van der Waals surface area contributed by atoms with Gasteiger partial charge in [-0.25, -0.2) is 0 Å². The van der Waals surface area contributed by atoms with Crippen molar-refractivity contribution in [1.82, 2.24) is 0 Å². The fraction of sp³-hybridized carbons (Fsp3) is 0.167. The number of ketones is 1. The van der Waals surface area contributed by atoms with Crippen LogP contribution in [0.2, 0.25) is 0 Å². The molecule has 0 heterocycles. The van der Waals surface area contributed by atoms with E-state index in [9.17, 15) is 9.90 Å². The lowest BCUT2D eigenvalue weighted by molar-refractivity contribution is 0.104. The Bertz CT molecular complexity index is 748. The summed E-state index contributed by atoms with van der Waals surface area (Å²) in [5, 5.41) is 10.0. The topological polar surface area (TPSA) is 46.5 Å². The molecule has 0 spiro atoms. The second kappa shape index (κ2) is 6.79. The average Bonchev–Trinajstić information content (AvgIpc) is 2.48. The molecule has 0 aliphatic heterocycles. The molecule has 4 heteroatoms. The van der Waals surface area contributed by atoms with Gasteiger partial charge in [-0.1, -0.05) is 18.2 Å². The van der Waals surface area contributed by atoms with Crippen molar-refractivity contribution in [3.8, 4) is 11.5 Å². The molecule has 3 nitrogen and oxygen atoms in total.